The monoisotopic (exact) mass is 354 g/mol. The number of fused-ring (bicyclic) bond motifs is 1. The third-order valence-corrected chi connectivity index (χ3v) is 5.49. The van der Waals surface area contributed by atoms with Gasteiger partial charge in [0.15, 0.2) is 0 Å². The number of halogens is 2. The molecule has 0 fully saturated rings. The van der Waals surface area contributed by atoms with Gasteiger partial charge in [-0.3, -0.25) is 0 Å². The maximum atomic E-state index is 12.9. The van der Waals surface area contributed by atoms with Gasteiger partial charge in [0.1, 0.15) is 9.80 Å². The normalized spacial score (nSPS) is 15.5. The van der Waals surface area contributed by atoms with Gasteiger partial charge in [0.05, 0.1) is 5.69 Å². The summed E-state index contributed by atoms with van der Waals surface area (Å²) in [4.78, 5) is 1.80. The lowest BCUT2D eigenvalue weighted by atomic mass is 10.0. The van der Waals surface area contributed by atoms with E-state index in [4.69, 9.17) is 0 Å². The van der Waals surface area contributed by atoms with Crippen LogP contribution in [0.5, 0.6) is 0 Å². The Hall–Kier alpha value is -1.91. The highest BCUT2D eigenvalue weighted by atomic mass is 32.2. The van der Waals surface area contributed by atoms with Gasteiger partial charge in [0, 0.05) is 25.1 Å². The zero-order chi connectivity index (χ0) is 17.9. The van der Waals surface area contributed by atoms with Crippen molar-refractivity contribution in [1.82, 2.24) is 4.90 Å². The van der Waals surface area contributed by atoms with E-state index in [0.717, 1.165) is 0 Å². The van der Waals surface area contributed by atoms with Gasteiger partial charge < -0.3 is 10.2 Å². The molecule has 0 aliphatic carbocycles. The molecule has 1 heterocycles. The molecule has 1 aliphatic heterocycles. The van der Waals surface area contributed by atoms with Gasteiger partial charge in [0.25, 0.3) is 0 Å². The largest absolute Gasteiger partial charge is 0.383 e. The first-order chi connectivity index (χ1) is 11.3. The van der Waals surface area contributed by atoms with E-state index in [1.54, 1.807) is 18.2 Å². The van der Waals surface area contributed by atoms with Crippen molar-refractivity contribution in [2.75, 3.05) is 32.5 Å². The lowest BCUT2D eigenvalue weighted by Crippen LogP contribution is -2.21. The van der Waals surface area contributed by atoms with Crippen LogP contribution in [0.15, 0.2) is 28.0 Å². The zero-order valence-electron chi connectivity index (χ0n) is 13.9. The average Bonchev–Trinajstić information content (AvgIpc) is 2.69. The number of rotatable bonds is 6. The predicted molar refractivity (Wildman–Crippen MR) is 91.7 cm³/mol. The van der Waals surface area contributed by atoms with Crippen molar-refractivity contribution in [3.63, 3.8) is 0 Å². The van der Waals surface area contributed by atoms with Crippen LogP contribution in [0.1, 0.15) is 18.9 Å². The number of hydrogen-bond donors (Lipinski definition) is 1. The third-order valence-electron chi connectivity index (χ3n) is 3.62. The lowest BCUT2D eigenvalue weighted by molar-refractivity contribution is 0.155. The number of allylic oxidation sites excluding steroid dienone is 2. The Morgan fingerprint density at radius 1 is 1.29 bits per heavy atom. The van der Waals surface area contributed by atoms with E-state index in [0.29, 0.717) is 24.3 Å². The van der Waals surface area contributed by atoms with Crippen molar-refractivity contribution in [1.29, 1.82) is 0 Å². The molecule has 0 saturated heterocycles. The first kappa shape index (κ1) is 18.4. The van der Waals surface area contributed by atoms with E-state index < -0.39 is 22.7 Å². The van der Waals surface area contributed by atoms with Gasteiger partial charge in [-0.25, -0.2) is 17.2 Å². The summed E-state index contributed by atoms with van der Waals surface area (Å²) in [5.74, 6) is 5.03. The van der Waals surface area contributed by atoms with Gasteiger partial charge in [0.2, 0.25) is 16.3 Å². The first-order valence-corrected chi connectivity index (χ1v) is 8.98. The standard InChI is InChI=1S/C17H20F2N2O2S/c1-4-6-15-13(11-16(18)19)12-7-5-8-14(17(12)24(15,22)23)20-9-10-21(2)3/h5,7-8,16,20H,9-11H2,1-3H3. The minimum Gasteiger partial charge on any atom is -0.383 e. The molecular formula is C17H20F2N2O2S. The smallest absolute Gasteiger partial charge is 0.242 e. The Labute approximate surface area is 141 Å². The Bertz CT molecular complexity index is 819. The van der Waals surface area contributed by atoms with Gasteiger partial charge in [-0.2, -0.15) is 0 Å². The fourth-order valence-corrected chi connectivity index (χ4v) is 4.49. The molecule has 130 valence electrons. The Kier molecular flexibility index (Phi) is 5.62. The van der Waals surface area contributed by atoms with E-state index in [1.165, 1.54) is 6.92 Å². The number of nitrogens with one attached hydrogen (secondary N) is 1. The highest BCUT2D eigenvalue weighted by molar-refractivity contribution is 7.96. The Balaban J connectivity index is 2.53. The van der Waals surface area contributed by atoms with Crippen LogP contribution in [0.25, 0.3) is 5.57 Å². The Morgan fingerprint density at radius 2 is 2.00 bits per heavy atom. The molecule has 0 saturated carbocycles. The van der Waals surface area contributed by atoms with E-state index >= 15 is 0 Å². The highest BCUT2D eigenvalue weighted by Gasteiger charge is 2.37. The van der Waals surface area contributed by atoms with Crippen molar-refractivity contribution in [2.24, 2.45) is 0 Å². The maximum Gasteiger partial charge on any atom is 0.242 e. The van der Waals surface area contributed by atoms with Crippen molar-refractivity contribution in [3.8, 4) is 11.8 Å². The third kappa shape index (κ3) is 3.60. The molecule has 4 nitrogen and oxygen atoms in total. The van der Waals surface area contributed by atoms with Crippen molar-refractivity contribution >= 4 is 21.1 Å². The molecule has 0 aromatic heterocycles. The number of alkyl halides is 2. The molecule has 0 amide bonds. The van der Waals surface area contributed by atoms with Crippen LogP contribution in [-0.4, -0.2) is 46.9 Å². The van der Waals surface area contributed by atoms with E-state index in [1.807, 2.05) is 19.0 Å². The van der Waals surface area contributed by atoms with Gasteiger partial charge in [-0.05, 0) is 32.7 Å². The van der Waals surface area contributed by atoms with E-state index in [2.05, 4.69) is 17.2 Å². The maximum absolute atomic E-state index is 12.9. The minimum atomic E-state index is -3.89. The average molecular weight is 354 g/mol. The second-order valence-corrected chi connectivity index (χ2v) is 7.52. The molecule has 7 heteroatoms. The topological polar surface area (TPSA) is 49.4 Å². The number of anilines is 1. The summed E-state index contributed by atoms with van der Waals surface area (Å²) in [6, 6.07) is 4.88. The summed E-state index contributed by atoms with van der Waals surface area (Å²) >= 11 is 0. The molecule has 1 aromatic carbocycles. The van der Waals surface area contributed by atoms with E-state index in [-0.39, 0.29) is 15.4 Å². The summed E-state index contributed by atoms with van der Waals surface area (Å²) in [6.45, 7) is 2.74. The van der Waals surface area contributed by atoms with Crippen LogP contribution in [0.3, 0.4) is 0 Å². The Morgan fingerprint density at radius 3 is 2.58 bits per heavy atom. The van der Waals surface area contributed by atoms with Gasteiger partial charge in [-0.15, -0.1) is 5.92 Å². The molecule has 0 atom stereocenters. The van der Waals surface area contributed by atoms with E-state index in [9.17, 15) is 17.2 Å². The summed E-state index contributed by atoms with van der Waals surface area (Å²) in [6.07, 6.45) is -3.27. The number of benzene rings is 1. The molecule has 24 heavy (non-hydrogen) atoms. The van der Waals surface area contributed by atoms with Crippen LogP contribution in [0, 0.1) is 11.8 Å². The van der Waals surface area contributed by atoms with Crippen LogP contribution >= 0.6 is 0 Å². The minimum absolute atomic E-state index is 0.0529. The van der Waals surface area contributed by atoms with Crippen LogP contribution < -0.4 is 5.32 Å². The molecule has 0 bridgehead atoms. The summed E-state index contributed by atoms with van der Waals surface area (Å²) in [5.41, 5.74) is 0.850. The van der Waals surface area contributed by atoms with Crippen molar-refractivity contribution in [3.05, 3.63) is 28.7 Å². The van der Waals surface area contributed by atoms with Crippen molar-refractivity contribution < 1.29 is 17.2 Å². The predicted octanol–water partition coefficient (Wildman–Crippen LogP) is 2.84. The number of nitrogens with zero attached hydrogens (tertiary/aromatic N) is 1. The second kappa shape index (κ2) is 7.32. The van der Waals surface area contributed by atoms with Gasteiger partial charge in [-0.1, -0.05) is 18.1 Å². The fourth-order valence-electron chi connectivity index (χ4n) is 2.62. The fraction of sp³-hybridized carbons (Fsp3) is 0.412. The highest BCUT2D eigenvalue weighted by Crippen LogP contribution is 2.44. The second-order valence-electron chi connectivity index (χ2n) is 5.69. The molecule has 1 aliphatic rings. The summed E-state index contributed by atoms with van der Waals surface area (Å²) in [7, 11) is -0.0724. The van der Waals surface area contributed by atoms with Gasteiger partial charge >= 0.3 is 0 Å². The number of likely N-dealkylation sites (N-methyl/N-ethyl adjacent to an activating group) is 1. The molecule has 0 spiro atoms. The summed E-state index contributed by atoms with van der Waals surface area (Å²) < 4.78 is 51.5. The SMILES string of the molecule is CC#CC1=C(CC(F)F)c2cccc(NCCN(C)C)c2S1(=O)=O. The molecule has 0 unspecified atom stereocenters. The number of sulfone groups is 1. The first-order valence-electron chi connectivity index (χ1n) is 7.50. The zero-order valence-corrected chi connectivity index (χ0v) is 14.7. The molecule has 1 N–H and O–H groups in total. The quantitative estimate of drug-likeness (QED) is 0.798. The molecule has 2 rings (SSSR count). The summed E-state index contributed by atoms with van der Waals surface area (Å²) in [5, 5.41) is 3.09. The molecule has 0 radical (unpaired) electrons. The molecule has 1 aromatic rings. The van der Waals surface area contributed by atoms with Crippen LogP contribution in [-0.2, 0) is 9.84 Å². The van der Waals surface area contributed by atoms with Crippen LogP contribution in [0.4, 0.5) is 14.5 Å². The number of hydrogen-bond acceptors (Lipinski definition) is 4. The lowest BCUT2D eigenvalue weighted by Gasteiger charge is -2.14. The molecular weight excluding hydrogens is 334 g/mol. The van der Waals surface area contributed by atoms with Crippen LogP contribution in [0.2, 0.25) is 0 Å². The van der Waals surface area contributed by atoms with Crippen molar-refractivity contribution in [2.45, 2.75) is 24.7 Å².